The highest BCUT2D eigenvalue weighted by Gasteiger charge is 2.27. The summed E-state index contributed by atoms with van der Waals surface area (Å²) in [6.45, 7) is 2.85. The number of hydrogen-bond donors (Lipinski definition) is 1. The van der Waals surface area contributed by atoms with E-state index >= 15 is 0 Å². The number of nitrogens with zero attached hydrogens (tertiary/aromatic N) is 2. The molecule has 1 N–H and O–H groups in total. The summed E-state index contributed by atoms with van der Waals surface area (Å²) in [5.41, 5.74) is 0.336. The molecule has 1 amide bonds. The second-order valence-electron chi connectivity index (χ2n) is 8.23. The van der Waals surface area contributed by atoms with Crippen molar-refractivity contribution in [2.75, 3.05) is 52.5 Å². The van der Waals surface area contributed by atoms with Crippen molar-refractivity contribution in [3.8, 4) is 5.75 Å². The van der Waals surface area contributed by atoms with Gasteiger partial charge in [-0.15, -0.1) is 0 Å². The van der Waals surface area contributed by atoms with Crippen LogP contribution in [0.2, 0.25) is 0 Å². The Hall–Kier alpha value is -2.51. The third-order valence-corrected chi connectivity index (χ3v) is 9.73. The first-order valence-corrected chi connectivity index (χ1v) is 14.4. The van der Waals surface area contributed by atoms with Gasteiger partial charge in [-0.3, -0.25) is 4.79 Å². The van der Waals surface area contributed by atoms with E-state index in [0.29, 0.717) is 50.7 Å². The number of nitrogens with one attached hydrogen (secondary N) is 1. The molecule has 2 fully saturated rings. The van der Waals surface area contributed by atoms with E-state index in [1.165, 1.54) is 45.0 Å². The molecule has 0 bridgehead atoms. The zero-order chi connectivity index (χ0) is 24.9. The van der Waals surface area contributed by atoms with Crippen LogP contribution in [0.5, 0.6) is 5.75 Å². The Labute approximate surface area is 205 Å². The minimum Gasteiger partial charge on any atom is -0.492 e. The predicted molar refractivity (Wildman–Crippen MR) is 128 cm³/mol. The van der Waals surface area contributed by atoms with Crippen LogP contribution in [0.4, 0.5) is 0 Å². The lowest BCUT2D eigenvalue weighted by molar-refractivity contribution is 0.0730. The number of morpholine rings is 1. The summed E-state index contributed by atoms with van der Waals surface area (Å²) in [5, 5.41) is 2.72. The molecule has 2 saturated heterocycles. The van der Waals surface area contributed by atoms with Gasteiger partial charge in [0.05, 0.1) is 29.5 Å². The van der Waals surface area contributed by atoms with E-state index in [9.17, 15) is 21.6 Å². The number of amides is 1. The average Bonchev–Trinajstić information content (AvgIpc) is 3.44. The largest absolute Gasteiger partial charge is 0.492 e. The van der Waals surface area contributed by atoms with Gasteiger partial charge in [-0.05, 0) is 61.4 Å². The first-order valence-electron chi connectivity index (χ1n) is 11.5. The fourth-order valence-electron chi connectivity index (χ4n) is 3.94. The van der Waals surface area contributed by atoms with Crippen LogP contribution in [0, 0.1) is 0 Å². The molecule has 0 saturated carbocycles. The topological polar surface area (TPSA) is 122 Å². The second-order valence-corrected chi connectivity index (χ2v) is 12.1. The highest BCUT2D eigenvalue weighted by molar-refractivity contribution is 7.89. The summed E-state index contributed by atoms with van der Waals surface area (Å²) in [4.78, 5) is 12.8. The van der Waals surface area contributed by atoms with E-state index in [-0.39, 0.29) is 28.8 Å². The lowest BCUT2D eigenvalue weighted by atomic mass is 10.2. The van der Waals surface area contributed by atoms with E-state index in [2.05, 4.69) is 5.32 Å². The molecule has 0 unspecified atom stereocenters. The fourth-order valence-corrected chi connectivity index (χ4v) is 6.86. The van der Waals surface area contributed by atoms with Crippen molar-refractivity contribution in [3.63, 3.8) is 0 Å². The van der Waals surface area contributed by atoms with Crippen molar-refractivity contribution in [2.45, 2.75) is 22.6 Å². The zero-order valence-corrected chi connectivity index (χ0v) is 20.9. The van der Waals surface area contributed by atoms with Crippen LogP contribution in [0.3, 0.4) is 0 Å². The molecule has 0 aromatic heterocycles. The molecular weight excluding hydrogens is 494 g/mol. The Morgan fingerprint density at radius 3 is 1.89 bits per heavy atom. The summed E-state index contributed by atoms with van der Waals surface area (Å²) < 4.78 is 64.1. The molecule has 0 atom stereocenters. The quantitative estimate of drug-likeness (QED) is 0.492. The number of ether oxygens (including phenoxy) is 2. The maximum Gasteiger partial charge on any atom is 0.251 e. The molecule has 2 heterocycles. The van der Waals surface area contributed by atoms with Crippen molar-refractivity contribution in [2.24, 2.45) is 0 Å². The minimum absolute atomic E-state index is 0.134. The van der Waals surface area contributed by atoms with Crippen molar-refractivity contribution in [1.82, 2.24) is 13.9 Å². The van der Waals surface area contributed by atoms with E-state index in [1.54, 1.807) is 12.1 Å². The highest BCUT2D eigenvalue weighted by atomic mass is 32.2. The van der Waals surface area contributed by atoms with E-state index < -0.39 is 20.0 Å². The lowest BCUT2D eigenvalue weighted by Gasteiger charge is -2.26. The monoisotopic (exact) mass is 523 g/mol. The van der Waals surface area contributed by atoms with Gasteiger partial charge in [-0.2, -0.15) is 8.61 Å². The van der Waals surface area contributed by atoms with Crippen LogP contribution >= 0.6 is 0 Å². The first-order chi connectivity index (χ1) is 16.8. The third-order valence-electron chi connectivity index (χ3n) is 5.91. The molecule has 2 aromatic carbocycles. The molecule has 35 heavy (non-hydrogen) atoms. The Balaban J connectivity index is 1.25. The van der Waals surface area contributed by atoms with E-state index in [1.807, 2.05) is 0 Å². The Kier molecular flexibility index (Phi) is 8.07. The minimum atomic E-state index is -3.61. The predicted octanol–water partition coefficient (Wildman–Crippen LogP) is 1.30. The molecule has 2 aromatic rings. The van der Waals surface area contributed by atoms with Crippen LogP contribution in [-0.4, -0.2) is 83.9 Å². The molecule has 10 nitrogen and oxygen atoms in total. The molecule has 190 valence electrons. The van der Waals surface area contributed by atoms with E-state index in [4.69, 9.17) is 9.47 Å². The first kappa shape index (κ1) is 25.6. The van der Waals surface area contributed by atoms with Crippen molar-refractivity contribution in [3.05, 3.63) is 54.1 Å². The van der Waals surface area contributed by atoms with Crippen LogP contribution in [-0.2, 0) is 24.8 Å². The summed E-state index contributed by atoms with van der Waals surface area (Å²) >= 11 is 0. The maximum absolute atomic E-state index is 12.7. The van der Waals surface area contributed by atoms with Crippen molar-refractivity contribution >= 4 is 26.0 Å². The number of carbonyl (C=O) groups is 1. The summed E-state index contributed by atoms with van der Waals surface area (Å²) in [6, 6.07) is 12.0. The van der Waals surface area contributed by atoms with Crippen LogP contribution in [0.25, 0.3) is 0 Å². The zero-order valence-electron chi connectivity index (χ0n) is 19.3. The van der Waals surface area contributed by atoms with Gasteiger partial charge >= 0.3 is 0 Å². The SMILES string of the molecule is O=C(NCCOc1ccc(S(=O)(=O)N2CCCC2)cc1)c1ccc(S(=O)(=O)N2CCOCC2)cc1. The van der Waals surface area contributed by atoms with Gasteiger partial charge < -0.3 is 14.8 Å². The Morgan fingerprint density at radius 1 is 0.800 bits per heavy atom. The summed E-state index contributed by atoms with van der Waals surface area (Å²) in [5.74, 6) is 0.147. The summed E-state index contributed by atoms with van der Waals surface area (Å²) in [6.07, 6.45) is 1.76. The van der Waals surface area contributed by atoms with Gasteiger partial charge in [-0.25, -0.2) is 16.8 Å². The maximum atomic E-state index is 12.7. The molecule has 2 aliphatic rings. The van der Waals surface area contributed by atoms with Gasteiger partial charge in [0.25, 0.3) is 5.91 Å². The van der Waals surface area contributed by atoms with Crippen LogP contribution in [0.1, 0.15) is 23.2 Å². The van der Waals surface area contributed by atoms with Gasteiger partial charge in [0, 0.05) is 31.7 Å². The van der Waals surface area contributed by atoms with Gasteiger partial charge in [0.1, 0.15) is 12.4 Å². The van der Waals surface area contributed by atoms with Gasteiger partial charge in [0.2, 0.25) is 20.0 Å². The van der Waals surface area contributed by atoms with Crippen LogP contribution < -0.4 is 10.1 Å². The lowest BCUT2D eigenvalue weighted by Crippen LogP contribution is -2.40. The fraction of sp³-hybridized carbons (Fsp3) is 0.435. The second kappa shape index (κ2) is 11.0. The number of carbonyl (C=O) groups excluding carboxylic acids is 1. The molecule has 0 aliphatic carbocycles. The summed E-state index contributed by atoms with van der Waals surface area (Å²) in [7, 11) is -7.08. The number of rotatable bonds is 9. The highest BCUT2D eigenvalue weighted by Crippen LogP contribution is 2.23. The van der Waals surface area contributed by atoms with Gasteiger partial charge in [0.15, 0.2) is 0 Å². The van der Waals surface area contributed by atoms with Crippen LogP contribution in [0.15, 0.2) is 58.3 Å². The standard InChI is InChI=1S/C23H29N3O7S2/c27-23(19-3-7-21(8-4-19)35(30,31)26-14-17-32-18-15-26)24-11-16-33-20-5-9-22(10-6-20)34(28,29)25-12-1-2-13-25/h3-10H,1-2,11-18H2,(H,24,27). The molecule has 2 aliphatic heterocycles. The molecule has 0 spiro atoms. The number of sulfonamides is 2. The van der Waals surface area contributed by atoms with Crippen molar-refractivity contribution in [1.29, 1.82) is 0 Å². The average molecular weight is 524 g/mol. The smallest absolute Gasteiger partial charge is 0.251 e. The Morgan fingerprint density at radius 2 is 1.31 bits per heavy atom. The molecule has 12 heteroatoms. The molecule has 0 radical (unpaired) electrons. The molecule has 4 rings (SSSR count). The van der Waals surface area contributed by atoms with Crippen molar-refractivity contribution < 1.29 is 31.1 Å². The third kappa shape index (κ3) is 6.01. The Bertz CT molecular complexity index is 1220. The van der Waals surface area contributed by atoms with Gasteiger partial charge in [-0.1, -0.05) is 0 Å². The van der Waals surface area contributed by atoms with E-state index in [0.717, 1.165) is 12.8 Å². The number of hydrogen-bond acceptors (Lipinski definition) is 7. The molecular formula is C23H29N3O7S2. The normalized spacial score (nSPS) is 17.8. The number of benzene rings is 2.